The molecule has 0 bridgehead atoms. The summed E-state index contributed by atoms with van der Waals surface area (Å²) in [7, 11) is 0. The lowest BCUT2D eigenvalue weighted by atomic mass is 10.1. The van der Waals surface area contributed by atoms with Crippen molar-refractivity contribution >= 4 is 23.6 Å². The zero-order valence-electron chi connectivity index (χ0n) is 16.4. The number of carbonyl (C=O) groups is 4. The standard InChI is InChI=1S/C21H27N3O4/c1-16-5-7-17(8-6-16)3-2-4-18(25)22-11-13-23(14-12-22)21(28)15-24-19(26)9-10-20(24)27/h5-8H,2-4,9-15H2,1H3. The first-order valence-corrected chi connectivity index (χ1v) is 9.88. The molecule has 0 spiro atoms. The van der Waals surface area contributed by atoms with Crippen molar-refractivity contribution in [1.29, 1.82) is 0 Å². The first-order valence-electron chi connectivity index (χ1n) is 9.88. The van der Waals surface area contributed by atoms with Gasteiger partial charge in [-0.2, -0.15) is 0 Å². The van der Waals surface area contributed by atoms with Crippen molar-refractivity contribution < 1.29 is 19.2 Å². The number of benzene rings is 1. The number of hydrogen-bond donors (Lipinski definition) is 0. The molecule has 0 saturated carbocycles. The maximum atomic E-state index is 12.4. The molecule has 2 aliphatic heterocycles. The highest BCUT2D eigenvalue weighted by molar-refractivity contribution is 6.04. The van der Waals surface area contributed by atoms with Crippen LogP contribution in [0, 0.1) is 6.92 Å². The molecule has 0 radical (unpaired) electrons. The average molecular weight is 385 g/mol. The van der Waals surface area contributed by atoms with Gasteiger partial charge in [-0.25, -0.2) is 0 Å². The van der Waals surface area contributed by atoms with Crippen LogP contribution in [0.5, 0.6) is 0 Å². The average Bonchev–Trinajstić information content (AvgIpc) is 3.01. The van der Waals surface area contributed by atoms with Gasteiger partial charge in [0.25, 0.3) is 0 Å². The van der Waals surface area contributed by atoms with Crippen LogP contribution in [0.2, 0.25) is 0 Å². The number of imide groups is 1. The van der Waals surface area contributed by atoms with Gasteiger partial charge in [-0.15, -0.1) is 0 Å². The Morgan fingerprint density at radius 2 is 1.39 bits per heavy atom. The van der Waals surface area contributed by atoms with Crippen molar-refractivity contribution in [3.8, 4) is 0 Å². The summed E-state index contributed by atoms with van der Waals surface area (Å²) in [5, 5.41) is 0. The molecule has 4 amide bonds. The topological polar surface area (TPSA) is 78.0 Å². The summed E-state index contributed by atoms with van der Waals surface area (Å²) < 4.78 is 0. The molecule has 7 heteroatoms. The normalized spacial score (nSPS) is 17.4. The fraction of sp³-hybridized carbons (Fsp3) is 0.524. The van der Waals surface area contributed by atoms with E-state index < -0.39 is 0 Å². The third-order valence-corrected chi connectivity index (χ3v) is 5.41. The Balaban J connectivity index is 1.38. The summed E-state index contributed by atoms with van der Waals surface area (Å²) in [6, 6.07) is 8.35. The first kappa shape index (κ1) is 20.0. The number of aryl methyl sites for hydroxylation is 2. The Hall–Kier alpha value is -2.70. The van der Waals surface area contributed by atoms with Gasteiger partial charge in [0.15, 0.2) is 0 Å². The van der Waals surface area contributed by atoms with Crippen molar-refractivity contribution in [2.75, 3.05) is 32.7 Å². The van der Waals surface area contributed by atoms with Crippen LogP contribution >= 0.6 is 0 Å². The number of hydrogen-bond acceptors (Lipinski definition) is 4. The number of rotatable bonds is 6. The van der Waals surface area contributed by atoms with Gasteiger partial charge in [0, 0.05) is 45.4 Å². The molecule has 28 heavy (non-hydrogen) atoms. The summed E-state index contributed by atoms with van der Waals surface area (Å²) in [6.45, 7) is 3.76. The summed E-state index contributed by atoms with van der Waals surface area (Å²) in [5.74, 6) is -0.666. The van der Waals surface area contributed by atoms with E-state index in [0.29, 0.717) is 32.6 Å². The molecule has 1 aromatic rings. The van der Waals surface area contributed by atoms with Gasteiger partial charge in [-0.1, -0.05) is 29.8 Å². The molecule has 150 valence electrons. The van der Waals surface area contributed by atoms with Crippen LogP contribution in [0.15, 0.2) is 24.3 Å². The molecule has 0 N–H and O–H groups in total. The Morgan fingerprint density at radius 1 is 0.857 bits per heavy atom. The van der Waals surface area contributed by atoms with Gasteiger partial charge in [0.1, 0.15) is 6.54 Å². The lowest BCUT2D eigenvalue weighted by Gasteiger charge is -2.35. The smallest absolute Gasteiger partial charge is 0.242 e. The van der Waals surface area contributed by atoms with E-state index in [1.54, 1.807) is 9.80 Å². The van der Waals surface area contributed by atoms with E-state index in [1.807, 2.05) is 0 Å². The highest BCUT2D eigenvalue weighted by Crippen LogP contribution is 2.13. The number of amides is 4. The van der Waals surface area contributed by atoms with Crippen molar-refractivity contribution in [2.24, 2.45) is 0 Å². The molecular formula is C21H27N3O4. The van der Waals surface area contributed by atoms with Crippen LogP contribution in [0.25, 0.3) is 0 Å². The molecule has 2 fully saturated rings. The maximum Gasteiger partial charge on any atom is 0.242 e. The Morgan fingerprint density at radius 3 is 1.96 bits per heavy atom. The van der Waals surface area contributed by atoms with E-state index in [0.717, 1.165) is 17.7 Å². The molecule has 1 aromatic carbocycles. The predicted octanol–water partition coefficient (Wildman–Crippen LogP) is 1.14. The fourth-order valence-electron chi connectivity index (χ4n) is 3.60. The maximum absolute atomic E-state index is 12.4. The van der Waals surface area contributed by atoms with E-state index in [9.17, 15) is 19.2 Å². The van der Waals surface area contributed by atoms with E-state index in [4.69, 9.17) is 0 Å². The molecular weight excluding hydrogens is 358 g/mol. The number of carbonyl (C=O) groups excluding carboxylic acids is 4. The quantitative estimate of drug-likeness (QED) is 0.688. The van der Waals surface area contributed by atoms with Crippen molar-refractivity contribution in [3.05, 3.63) is 35.4 Å². The SMILES string of the molecule is Cc1ccc(CCCC(=O)N2CCN(C(=O)CN3C(=O)CCC3=O)CC2)cc1. The zero-order valence-corrected chi connectivity index (χ0v) is 16.4. The summed E-state index contributed by atoms with van der Waals surface area (Å²) in [6.07, 6.45) is 2.56. The van der Waals surface area contributed by atoms with Gasteiger partial charge in [0.2, 0.25) is 23.6 Å². The Kier molecular flexibility index (Phi) is 6.44. The molecule has 0 aromatic heterocycles. The Bertz CT molecular complexity index is 735. The van der Waals surface area contributed by atoms with E-state index in [-0.39, 0.29) is 43.0 Å². The van der Waals surface area contributed by atoms with Crippen LogP contribution in [0.1, 0.15) is 36.8 Å². The van der Waals surface area contributed by atoms with Crippen LogP contribution in [0.4, 0.5) is 0 Å². The lowest BCUT2D eigenvalue weighted by Crippen LogP contribution is -2.53. The summed E-state index contributed by atoms with van der Waals surface area (Å²) >= 11 is 0. The molecule has 7 nitrogen and oxygen atoms in total. The Labute approximate surface area is 165 Å². The highest BCUT2D eigenvalue weighted by Gasteiger charge is 2.32. The molecule has 3 rings (SSSR count). The molecule has 0 atom stereocenters. The predicted molar refractivity (Wildman–Crippen MR) is 103 cm³/mol. The summed E-state index contributed by atoms with van der Waals surface area (Å²) in [5.41, 5.74) is 2.46. The second kappa shape index (κ2) is 8.99. The van der Waals surface area contributed by atoms with E-state index in [1.165, 1.54) is 11.1 Å². The van der Waals surface area contributed by atoms with Crippen LogP contribution in [-0.2, 0) is 25.6 Å². The summed E-state index contributed by atoms with van der Waals surface area (Å²) in [4.78, 5) is 52.5. The molecule has 2 heterocycles. The molecule has 0 aliphatic carbocycles. The minimum Gasteiger partial charge on any atom is -0.339 e. The van der Waals surface area contributed by atoms with Crippen LogP contribution in [-0.4, -0.2) is 71.1 Å². The second-order valence-corrected chi connectivity index (χ2v) is 7.47. The van der Waals surface area contributed by atoms with Gasteiger partial charge in [0.05, 0.1) is 0 Å². The molecule has 0 unspecified atom stereocenters. The third-order valence-electron chi connectivity index (χ3n) is 5.41. The van der Waals surface area contributed by atoms with Gasteiger partial charge in [-0.05, 0) is 25.3 Å². The largest absolute Gasteiger partial charge is 0.339 e. The number of piperazine rings is 1. The number of nitrogens with zero attached hydrogens (tertiary/aromatic N) is 3. The van der Waals surface area contributed by atoms with Crippen molar-refractivity contribution in [2.45, 2.75) is 39.0 Å². The minimum atomic E-state index is -0.277. The highest BCUT2D eigenvalue weighted by atomic mass is 16.2. The fourth-order valence-corrected chi connectivity index (χ4v) is 3.60. The van der Waals surface area contributed by atoms with Gasteiger partial charge in [-0.3, -0.25) is 24.1 Å². The molecule has 2 aliphatic rings. The first-order chi connectivity index (χ1) is 13.4. The molecule has 2 saturated heterocycles. The van der Waals surface area contributed by atoms with E-state index in [2.05, 4.69) is 31.2 Å². The lowest BCUT2D eigenvalue weighted by molar-refractivity contribution is -0.147. The van der Waals surface area contributed by atoms with Crippen LogP contribution in [0.3, 0.4) is 0 Å². The zero-order chi connectivity index (χ0) is 20.1. The third kappa shape index (κ3) is 4.97. The van der Waals surface area contributed by atoms with E-state index >= 15 is 0 Å². The van der Waals surface area contributed by atoms with Crippen LogP contribution < -0.4 is 0 Å². The van der Waals surface area contributed by atoms with Crippen molar-refractivity contribution in [1.82, 2.24) is 14.7 Å². The van der Waals surface area contributed by atoms with Crippen molar-refractivity contribution in [3.63, 3.8) is 0 Å². The number of likely N-dealkylation sites (tertiary alicyclic amines) is 1. The second-order valence-electron chi connectivity index (χ2n) is 7.47. The monoisotopic (exact) mass is 385 g/mol. The van der Waals surface area contributed by atoms with Gasteiger partial charge >= 0.3 is 0 Å². The van der Waals surface area contributed by atoms with Gasteiger partial charge < -0.3 is 9.80 Å². The minimum absolute atomic E-state index is 0.115.